The van der Waals surface area contributed by atoms with E-state index in [1.807, 2.05) is 0 Å². The second-order valence-electron chi connectivity index (χ2n) is 5.50. The predicted molar refractivity (Wildman–Crippen MR) is 95.8 cm³/mol. The molecule has 1 aliphatic rings. The number of hydrogen-bond acceptors (Lipinski definition) is 8. The molecule has 1 aliphatic heterocycles. The Morgan fingerprint density at radius 3 is 1.85 bits per heavy atom. The van der Waals surface area contributed by atoms with E-state index in [0.717, 1.165) is 4.90 Å². The molecule has 1 heterocycles. The van der Waals surface area contributed by atoms with Gasteiger partial charge in [0, 0.05) is 38.2 Å². The van der Waals surface area contributed by atoms with Crippen molar-refractivity contribution in [3.05, 3.63) is 12.2 Å². The second kappa shape index (κ2) is 15.2. The van der Waals surface area contributed by atoms with Gasteiger partial charge in [0.05, 0.1) is 52.9 Å². The average Bonchev–Trinajstić information content (AvgIpc) is 2.97. The maximum Gasteiger partial charge on any atom is 0.253 e. The van der Waals surface area contributed by atoms with Crippen LogP contribution in [0.3, 0.4) is 0 Å². The number of carbonyl (C=O) groups excluding carboxylic acids is 3. The Morgan fingerprint density at radius 2 is 1.33 bits per heavy atom. The number of nitrogens with one attached hydrogen (secondary N) is 1. The van der Waals surface area contributed by atoms with E-state index in [-0.39, 0.29) is 43.8 Å². The first kappa shape index (κ1) is 23.2. The van der Waals surface area contributed by atoms with E-state index >= 15 is 0 Å². The van der Waals surface area contributed by atoms with Gasteiger partial charge in [-0.15, -0.1) is 0 Å². The van der Waals surface area contributed by atoms with Crippen LogP contribution in [0.15, 0.2) is 12.2 Å². The summed E-state index contributed by atoms with van der Waals surface area (Å²) in [4.78, 5) is 35.3. The summed E-state index contributed by atoms with van der Waals surface area (Å²) in [6.45, 7) is 4.45. The van der Waals surface area contributed by atoms with E-state index < -0.39 is 0 Å². The monoisotopic (exact) mass is 387 g/mol. The molecule has 10 heteroatoms. The third kappa shape index (κ3) is 11.5. The lowest BCUT2D eigenvalue weighted by molar-refractivity contribution is -0.137. The van der Waals surface area contributed by atoms with Gasteiger partial charge in [-0.2, -0.15) is 0 Å². The molecule has 0 atom stereocenters. The molecule has 0 saturated carbocycles. The van der Waals surface area contributed by atoms with Crippen LogP contribution in [0, 0.1) is 0 Å². The molecule has 0 aliphatic carbocycles. The lowest BCUT2D eigenvalue weighted by atomic mass is 10.4. The Balaban J connectivity index is 1.82. The first-order chi connectivity index (χ1) is 13.1. The second-order valence-corrected chi connectivity index (χ2v) is 5.50. The maximum atomic E-state index is 11.6. The van der Waals surface area contributed by atoms with Crippen molar-refractivity contribution < 1.29 is 33.3 Å². The lowest BCUT2D eigenvalue weighted by Crippen LogP contribution is -2.38. The van der Waals surface area contributed by atoms with E-state index in [4.69, 9.17) is 24.7 Å². The molecule has 3 amide bonds. The molecule has 10 nitrogen and oxygen atoms in total. The molecular formula is C17H29N3O7. The summed E-state index contributed by atoms with van der Waals surface area (Å²) in [7, 11) is 0. The Kier molecular flexibility index (Phi) is 13.1. The molecule has 1 rings (SSSR count). The number of carbonyl (C=O) groups is 3. The molecule has 0 bridgehead atoms. The molecule has 0 radical (unpaired) electrons. The highest BCUT2D eigenvalue weighted by atomic mass is 16.6. The molecule has 3 N–H and O–H groups in total. The van der Waals surface area contributed by atoms with Crippen LogP contribution < -0.4 is 11.1 Å². The Morgan fingerprint density at radius 1 is 0.852 bits per heavy atom. The standard InChI is InChI=1S/C17H29N3O7/c18-4-8-25-10-12-27-14-13-26-11-9-24-7-3-15(21)19-5-6-20-16(22)1-2-17(20)23/h1-2H,3-14,18H2,(H,19,21). The smallest absolute Gasteiger partial charge is 0.253 e. The van der Waals surface area contributed by atoms with Crippen molar-refractivity contribution in [2.75, 3.05) is 72.5 Å². The van der Waals surface area contributed by atoms with Gasteiger partial charge < -0.3 is 30.0 Å². The molecule has 0 aromatic carbocycles. The molecular weight excluding hydrogens is 358 g/mol. The number of hydrogen-bond donors (Lipinski definition) is 2. The molecule has 0 aromatic rings. The minimum atomic E-state index is -0.358. The van der Waals surface area contributed by atoms with Gasteiger partial charge >= 0.3 is 0 Å². The first-order valence-electron chi connectivity index (χ1n) is 8.96. The van der Waals surface area contributed by atoms with Crippen molar-refractivity contribution in [3.8, 4) is 0 Å². The minimum Gasteiger partial charge on any atom is -0.379 e. The third-order valence-electron chi connectivity index (χ3n) is 3.41. The Labute approximate surface area is 158 Å². The van der Waals surface area contributed by atoms with Crippen molar-refractivity contribution in [1.29, 1.82) is 0 Å². The highest BCUT2D eigenvalue weighted by Gasteiger charge is 2.22. The van der Waals surface area contributed by atoms with Crippen molar-refractivity contribution in [2.24, 2.45) is 5.73 Å². The van der Waals surface area contributed by atoms with Crippen molar-refractivity contribution in [3.63, 3.8) is 0 Å². The maximum absolute atomic E-state index is 11.6. The molecule has 0 aromatic heterocycles. The summed E-state index contributed by atoms with van der Waals surface area (Å²) in [5, 5.41) is 2.64. The van der Waals surface area contributed by atoms with Gasteiger partial charge in [0.25, 0.3) is 11.8 Å². The van der Waals surface area contributed by atoms with Crippen LogP contribution in [-0.2, 0) is 33.3 Å². The minimum absolute atomic E-state index is 0.159. The first-order valence-corrected chi connectivity index (χ1v) is 8.96. The van der Waals surface area contributed by atoms with Gasteiger partial charge in [-0.25, -0.2) is 0 Å². The lowest BCUT2D eigenvalue weighted by Gasteiger charge is -2.14. The third-order valence-corrected chi connectivity index (χ3v) is 3.41. The van der Waals surface area contributed by atoms with E-state index in [1.54, 1.807) is 0 Å². The van der Waals surface area contributed by atoms with Gasteiger partial charge in [-0.1, -0.05) is 0 Å². The van der Waals surface area contributed by atoms with Crippen LogP contribution in [0.5, 0.6) is 0 Å². The Bertz CT molecular complexity index is 467. The number of amides is 3. The zero-order valence-corrected chi connectivity index (χ0v) is 15.5. The van der Waals surface area contributed by atoms with E-state index in [2.05, 4.69) is 5.32 Å². The zero-order valence-electron chi connectivity index (χ0n) is 15.5. The number of imide groups is 1. The van der Waals surface area contributed by atoms with E-state index in [0.29, 0.717) is 52.8 Å². The summed E-state index contributed by atoms with van der Waals surface area (Å²) in [6.07, 6.45) is 2.63. The summed E-state index contributed by atoms with van der Waals surface area (Å²) in [6, 6.07) is 0. The fourth-order valence-corrected chi connectivity index (χ4v) is 2.06. The number of nitrogens with zero attached hydrogens (tertiary/aromatic N) is 1. The molecule has 0 fully saturated rings. The SMILES string of the molecule is NCCOCCOCCOCCOCCC(=O)NCCN1C(=O)C=CC1=O. The fourth-order valence-electron chi connectivity index (χ4n) is 2.06. The summed E-state index contributed by atoms with van der Waals surface area (Å²) in [5.41, 5.74) is 5.28. The van der Waals surface area contributed by atoms with Gasteiger partial charge in [0.15, 0.2) is 0 Å². The van der Waals surface area contributed by atoms with Crippen LogP contribution in [-0.4, -0.2) is 95.1 Å². The highest BCUT2D eigenvalue weighted by molar-refractivity contribution is 6.12. The average molecular weight is 387 g/mol. The largest absolute Gasteiger partial charge is 0.379 e. The summed E-state index contributed by atoms with van der Waals surface area (Å²) < 4.78 is 21.1. The Hall–Kier alpha value is -1.85. The molecule has 27 heavy (non-hydrogen) atoms. The molecule has 0 unspecified atom stereocenters. The van der Waals surface area contributed by atoms with Crippen LogP contribution in [0.25, 0.3) is 0 Å². The van der Waals surface area contributed by atoms with Crippen molar-refractivity contribution in [2.45, 2.75) is 6.42 Å². The van der Waals surface area contributed by atoms with E-state index in [9.17, 15) is 14.4 Å². The van der Waals surface area contributed by atoms with Crippen molar-refractivity contribution >= 4 is 17.7 Å². The van der Waals surface area contributed by atoms with E-state index in [1.165, 1.54) is 12.2 Å². The highest BCUT2D eigenvalue weighted by Crippen LogP contribution is 2.01. The summed E-state index contributed by atoms with van der Waals surface area (Å²) in [5.74, 6) is -0.918. The molecule has 154 valence electrons. The fraction of sp³-hybridized carbons (Fsp3) is 0.706. The molecule has 0 saturated heterocycles. The van der Waals surface area contributed by atoms with Crippen LogP contribution in [0.1, 0.15) is 6.42 Å². The van der Waals surface area contributed by atoms with Crippen LogP contribution >= 0.6 is 0 Å². The molecule has 0 spiro atoms. The van der Waals surface area contributed by atoms with Gasteiger partial charge in [0.1, 0.15) is 0 Å². The van der Waals surface area contributed by atoms with Crippen LogP contribution in [0.4, 0.5) is 0 Å². The van der Waals surface area contributed by atoms with Gasteiger partial charge in [-0.05, 0) is 0 Å². The van der Waals surface area contributed by atoms with Crippen molar-refractivity contribution in [1.82, 2.24) is 10.2 Å². The quantitative estimate of drug-likeness (QED) is 0.226. The zero-order chi connectivity index (χ0) is 19.7. The topological polar surface area (TPSA) is 129 Å². The van der Waals surface area contributed by atoms with Gasteiger partial charge in [0.2, 0.25) is 5.91 Å². The normalized spacial score (nSPS) is 13.6. The summed E-state index contributed by atoms with van der Waals surface area (Å²) >= 11 is 0. The predicted octanol–water partition coefficient (Wildman–Crippen LogP) is -1.56. The number of nitrogens with two attached hydrogens (primary N) is 1. The van der Waals surface area contributed by atoms with Gasteiger partial charge in [-0.3, -0.25) is 19.3 Å². The number of rotatable bonds is 17. The number of ether oxygens (including phenoxy) is 4. The van der Waals surface area contributed by atoms with Crippen LogP contribution in [0.2, 0.25) is 0 Å².